The highest BCUT2D eigenvalue weighted by atomic mass is 127. The number of nitrogens with zero attached hydrogens (tertiary/aromatic N) is 5. The standard InChI is InChI=1S/C18H27N7.HI/c1-4-19-18(20-11-17-21-13-22-24(17)3)23-15-9-10-25(12-15)16-7-5-14(2)6-8-16;/h5-8,13,15H,4,9-12H2,1-3H3,(H2,19,20,23);1H. The smallest absolute Gasteiger partial charge is 0.191 e. The Hall–Kier alpha value is -1.84. The van der Waals surface area contributed by atoms with Crippen LogP contribution in [0.5, 0.6) is 0 Å². The Bertz CT molecular complexity index is 711. The third kappa shape index (κ3) is 5.33. The van der Waals surface area contributed by atoms with Crippen molar-refractivity contribution < 1.29 is 0 Å². The van der Waals surface area contributed by atoms with Crippen LogP contribution in [-0.2, 0) is 13.6 Å². The van der Waals surface area contributed by atoms with Gasteiger partial charge in [-0.2, -0.15) is 5.10 Å². The second-order valence-electron chi connectivity index (χ2n) is 6.41. The summed E-state index contributed by atoms with van der Waals surface area (Å²) in [4.78, 5) is 11.3. The molecule has 0 amide bonds. The summed E-state index contributed by atoms with van der Waals surface area (Å²) in [7, 11) is 1.88. The summed E-state index contributed by atoms with van der Waals surface area (Å²) in [5.41, 5.74) is 2.58. The highest BCUT2D eigenvalue weighted by Crippen LogP contribution is 2.20. The number of hydrogen-bond donors (Lipinski definition) is 2. The van der Waals surface area contributed by atoms with Crippen LogP contribution in [0.3, 0.4) is 0 Å². The van der Waals surface area contributed by atoms with Crippen molar-refractivity contribution in [1.82, 2.24) is 25.4 Å². The fourth-order valence-electron chi connectivity index (χ4n) is 2.99. The molecule has 8 heteroatoms. The zero-order valence-electron chi connectivity index (χ0n) is 15.6. The monoisotopic (exact) mass is 469 g/mol. The molecule has 1 aliphatic rings. The number of rotatable bonds is 5. The summed E-state index contributed by atoms with van der Waals surface area (Å²) in [6.45, 7) is 7.58. The van der Waals surface area contributed by atoms with Crippen LogP contribution in [0.25, 0.3) is 0 Å². The van der Waals surface area contributed by atoms with Gasteiger partial charge in [0.25, 0.3) is 0 Å². The molecular weight excluding hydrogens is 441 g/mol. The lowest BCUT2D eigenvalue weighted by Gasteiger charge is -2.20. The zero-order valence-corrected chi connectivity index (χ0v) is 18.0. The van der Waals surface area contributed by atoms with Crippen molar-refractivity contribution in [3.8, 4) is 0 Å². The fraction of sp³-hybridized carbons (Fsp3) is 0.500. The van der Waals surface area contributed by atoms with Crippen molar-refractivity contribution in [2.75, 3.05) is 24.5 Å². The fourth-order valence-corrected chi connectivity index (χ4v) is 2.99. The molecule has 1 aliphatic heterocycles. The molecule has 1 aromatic carbocycles. The molecule has 1 unspecified atom stereocenters. The molecule has 1 atom stereocenters. The quantitative estimate of drug-likeness (QED) is 0.399. The Morgan fingerprint density at radius 1 is 1.31 bits per heavy atom. The Labute approximate surface area is 172 Å². The molecule has 3 rings (SSSR count). The molecule has 0 saturated carbocycles. The molecule has 1 saturated heterocycles. The number of aromatic nitrogens is 3. The predicted molar refractivity (Wildman–Crippen MR) is 116 cm³/mol. The van der Waals surface area contributed by atoms with Crippen LogP contribution in [0.2, 0.25) is 0 Å². The van der Waals surface area contributed by atoms with Gasteiger partial charge in [-0.15, -0.1) is 24.0 Å². The van der Waals surface area contributed by atoms with Gasteiger partial charge < -0.3 is 15.5 Å². The van der Waals surface area contributed by atoms with Crippen LogP contribution >= 0.6 is 24.0 Å². The zero-order chi connectivity index (χ0) is 17.6. The van der Waals surface area contributed by atoms with Gasteiger partial charge >= 0.3 is 0 Å². The van der Waals surface area contributed by atoms with Crippen LogP contribution in [-0.4, -0.2) is 46.4 Å². The Morgan fingerprint density at radius 2 is 2.08 bits per heavy atom. The minimum Gasteiger partial charge on any atom is -0.369 e. The van der Waals surface area contributed by atoms with Gasteiger partial charge in [0.1, 0.15) is 18.7 Å². The number of anilines is 1. The summed E-state index contributed by atoms with van der Waals surface area (Å²) in [5.74, 6) is 1.69. The molecule has 0 spiro atoms. The minimum absolute atomic E-state index is 0. The highest BCUT2D eigenvalue weighted by Gasteiger charge is 2.23. The second-order valence-corrected chi connectivity index (χ2v) is 6.41. The largest absolute Gasteiger partial charge is 0.369 e. The predicted octanol–water partition coefficient (Wildman–Crippen LogP) is 2.08. The lowest BCUT2D eigenvalue weighted by atomic mass is 10.2. The van der Waals surface area contributed by atoms with Crippen LogP contribution in [0.4, 0.5) is 5.69 Å². The first-order valence-electron chi connectivity index (χ1n) is 8.85. The molecule has 142 valence electrons. The molecule has 1 fully saturated rings. The van der Waals surface area contributed by atoms with E-state index >= 15 is 0 Å². The number of guanidine groups is 1. The molecule has 1 aromatic heterocycles. The topological polar surface area (TPSA) is 70.4 Å². The molecule has 2 heterocycles. The van der Waals surface area contributed by atoms with E-state index in [9.17, 15) is 0 Å². The van der Waals surface area contributed by atoms with E-state index in [1.165, 1.54) is 11.3 Å². The molecule has 2 N–H and O–H groups in total. The number of benzene rings is 1. The third-order valence-electron chi connectivity index (χ3n) is 4.46. The van der Waals surface area contributed by atoms with Gasteiger partial charge in [-0.25, -0.2) is 9.98 Å². The average molecular weight is 469 g/mol. The molecule has 0 aliphatic carbocycles. The number of aliphatic imine (C=N–C) groups is 1. The van der Waals surface area contributed by atoms with Crippen LogP contribution in [0.1, 0.15) is 24.7 Å². The maximum Gasteiger partial charge on any atom is 0.191 e. The van der Waals surface area contributed by atoms with Crippen molar-refractivity contribution in [1.29, 1.82) is 0 Å². The van der Waals surface area contributed by atoms with E-state index in [0.717, 1.165) is 37.8 Å². The summed E-state index contributed by atoms with van der Waals surface area (Å²) in [6.07, 6.45) is 2.66. The van der Waals surface area contributed by atoms with Crippen molar-refractivity contribution in [2.24, 2.45) is 12.0 Å². The minimum atomic E-state index is 0. The van der Waals surface area contributed by atoms with Crippen LogP contribution < -0.4 is 15.5 Å². The molecule has 7 nitrogen and oxygen atoms in total. The Kier molecular flexibility index (Phi) is 7.67. The molecule has 2 aromatic rings. The van der Waals surface area contributed by atoms with E-state index in [1.807, 2.05) is 7.05 Å². The normalized spacial score (nSPS) is 17.1. The van der Waals surface area contributed by atoms with Gasteiger partial charge in [-0.3, -0.25) is 4.68 Å². The van der Waals surface area contributed by atoms with E-state index in [1.54, 1.807) is 11.0 Å². The first kappa shape index (κ1) is 20.5. The molecule has 26 heavy (non-hydrogen) atoms. The first-order valence-corrected chi connectivity index (χ1v) is 8.85. The maximum atomic E-state index is 4.64. The lowest BCUT2D eigenvalue weighted by molar-refractivity contribution is 0.644. The number of halogens is 1. The van der Waals surface area contributed by atoms with Crippen molar-refractivity contribution in [2.45, 2.75) is 32.9 Å². The number of hydrogen-bond acceptors (Lipinski definition) is 4. The highest BCUT2D eigenvalue weighted by molar-refractivity contribution is 14.0. The summed E-state index contributed by atoms with van der Waals surface area (Å²) >= 11 is 0. The second kappa shape index (κ2) is 9.75. The van der Waals surface area contributed by atoms with Gasteiger partial charge in [0.2, 0.25) is 0 Å². The third-order valence-corrected chi connectivity index (χ3v) is 4.46. The van der Waals surface area contributed by atoms with E-state index < -0.39 is 0 Å². The first-order chi connectivity index (χ1) is 12.2. The van der Waals surface area contributed by atoms with Gasteiger partial charge in [0.15, 0.2) is 5.96 Å². The van der Waals surface area contributed by atoms with E-state index in [4.69, 9.17) is 0 Å². The average Bonchev–Trinajstić information content (AvgIpc) is 3.23. The summed E-state index contributed by atoms with van der Waals surface area (Å²) < 4.78 is 1.75. The summed E-state index contributed by atoms with van der Waals surface area (Å²) in [5, 5.41) is 10.9. The van der Waals surface area contributed by atoms with Gasteiger partial charge in [0, 0.05) is 38.4 Å². The Balaban J connectivity index is 0.00000243. The van der Waals surface area contributed by atoms with Crippen molar-refractivity contribution in [3.05, 3.63) is 42.0 Å². The van der Waals surface area contributed by atoms with Gasteiger partial charge in [-0.05, 0) is 32.4 Å². The molecule has 0 bridgehead atoms. The maximum absolute atomic E-state index is 4.64. The van der Waals surface area contributed by atoms with Gasteiger partial charge in [-0.1, -0.05) is 17.7 Å². The SMILES string of the molecule is CCNC(=NCc1ncnn1C)NC1CCN(c2ccc(C)cc2)C1.I. The Morgan fingerprint density at radius 3 is 2.73 bits per heavy atom. The van der Waals surface area contributed by atoms with Crippen LogP contribution in [0, 0.1) is 6.92 Å². The lowest BCUT2D eigenvalue weighted by Crippen LogP contribution is -2.44. The molecular formula is C18H28IN7. The summed E-state index contributed by atoms with van der Waals surface area (Å²) in [6, 6.07) is 9.12. The number of nitrogens with one attached hydrogen (secondary N) is 2. The van der Waals surface area contributed by atoms with E-state index in [0.29, 0.717) is 12.6 Å². The van der Waals surface area contributed by atoms with Crippen LogP contribution in [0.15, 0.2) is 35.6 Å². The number of aryl methyl sites for hydroxylation is 2. The van der Waals surface area contributed by atoms with Crippen molar-refractivity contribution >= 4 is 35.6 Å². The van der Waals surface area contributed by atoms with E-state index in [-0.39, 0.29) is 24.0 Å². The van der Waals surface area contributed by atoms with Crippen molar-refractivity contribution in [3.63, 3.8) is 0 Å². The van der Waals surface area contributed by atoms with Gasteiger partial charge in [0.05, 0.1) is 0 Å². The van der Waals surface area contributed by atoms with E-state index in [2.05, 4.69) is 68.7 Å². The molecule has 0 radical (unpaired) electrons.